The van der Waals surface area contributed by atoms with Crippen molar-refractivity contribution in [3.05, 3.63) is 32.3 Å². The third kappa shape index (κ3) is 6.34. The third-order valence-electron chi connectivity index (χ3n) is 5.09. The number of thioether (sulfide) groups is 1. The van der Waals surface area contributed by atoms with E-state index in [4.69, 9.17) is 10.5 Å². The monoisotopic (exact) mass is 549 g/mol. The van der Waals surface area contributed by atoms with E-state index in [2.05, 4.69) is 33.9 Å². The number of primary amides is 1. The molecule has 2 amide bonds. The largest absolute Gasteiger partial charge is 0.459 e. The Kier molecular flexibility index (Phi) is 9.31. The second-order valence-electron chi connectivity index (χ2n) is 8.74. The highest BCUT2D eigenvalue weighted by Crippen LogP contribution is 2.35. The quantitative estimate of drug-likeness (QED) is 0.245. The number of amides is 2. The van der Waals surface area contributed by atoms with Crippen molar-refractivity contribution in [2.24, 2.45) is 5.73 Å². The average molecular weight is 550 g/mol. The van der Waals surface area contributed by atoms with Gasteiger partial charge in [-0.1, -0.05) is 25.1 Å². The van der Waals surface area contributed by atoms with Crippen LogP contribution < -0.4 is 11.1 Å². The van der Waals surface area contributed by atoms with Crippen LogP contribution in [-0.4, -0.2) is 44.4 Å². The lowest BCUT2D eigenvalue weighted by molar-refractivity contribution is -0.113. The van der Waals surface area contributed by atoms with Crippen molar-refractivity contribution in [1.82, 2.24) is 14.8 Å². The summed E-state index contributed by atoms with van der Waals surface area (Å²) < 4.78 is 7.32. The first kappa shape index (κ1) is 27.9. The molecule has 194 valence electrons. The lowest BCUT2D eigenvalue weighted by Gasteiger charge is -2.13. The molecule has 0 radical (unpaired) electrons. The number of carbonyl (C=O) groups excluding carboxylic acids is 3. The van der Waals surface area contributed by atoms with Crippen LogP contribution in [0.25, 0.3) is 11.4 Å². The van der Waals surface area contributed by atoms with Gasteiger partial charge in [0.15, 0.2) is 11.0 Å². The fourth-order valence-corrected chi connectivity index (χ4v) is 6.46. The highest BCUT2D eigenvalue weighted by atomic mass is 32.2. The summed E-state index contributed by atoms with van der Waals surface area (Å²) in [7, 11) is 0. The molecule has 3 aromatic rings. The number of hydrogen-bond donors (Lipinski definition) is 2. The standard InChI is InChI=1S/C24H31N5O4S3/c1-7-8-16-9-15(10-34-16)21-27-28-24(29(21)12(2)3)35-11-17(30)26-22-18(23(32)33-13(4)5)14(6)19(36-22)20(25)31/h9-10,12-13H,7-8,11H2,1-6H3,(H2,25,31)(H,26,30). The summed E-state index contributed by atoms with van der Waals surface area (Å²) in [4.78, 5) is 38.8. The van der Waals surface area contributed by atoms with Crippen LogP contribution in [0.1, 0.15) is 77.6 Å². The number of aryl methyl sites for hydroxylation is 1. The van der Waals surface area contributed by atoms with E-state index >= 15 is 0 Å². The summed E-state index contributed by atoms with van der Waals surface area (Å²) in [5.74, 6) is -0.825. The maximum Gasteiger partial charge on any atom is 0.341 e. The number of nitrogens with two attached hydrogens (primary N) is 1. The molecule has 0 saturated heterocycles. The summed E-state index contributed by atoms with van der Waals surface area (Å²) in [5.41, 5.74) is 7.02. The van der Waals surface area contributed by atoms with E-state index in [1.165, 1.54) is 16.6 Å². The van der Waals surface area contributed by atoms with Crippen LogP contribution in [0.5, 0.6) is 0 Å². The van der Waals surface area contributed by atoms with E-state index in [-0.39, 0.29) is 39.2 Å². The number of anilines is 1. The highest BCUT2D eigenvalue weighted by Gasteiger charge is 2.27. The maximum absolute atomic E-state index is 12.9. The van der Waals surface area contributed by atoms with Crippen LogP contribution in [0, 0.1) is 6.92 Å². The molecule has 0 aromatic carbocycles. The van der Waals surface area contributed by atoms with Gasteiger partial charge >= 0.3 is 5.97 Å². The van der Waals surface area contributed by atoms with Crippen molar-refractivity contribution in [2.45, 2.75) is 71.7 Å². The van der Waals surface area contributed by atoms with Crippen molar-refractivity contribution in [3.63, 3.8) is 0 Å². The molecule has 12 heteroatoms. The molecule has 3 aromatic heterocycles. The molecule has 3 N–H and O–H groups in total. The second-order valence-corrected chi connectivity index (χ2v) is 11.7. The number of ether oxygens (including phenoxy) is 1. The van der Waals surface area contributed by atoms with Gasteiger partial charge in [-0.3, -0.25) is 14.2 Å². The molecule has 0 aliphatic carbocycles. The molecular weight excluding hydrogens is 518 g/mol. The second kappa shape index (κ2) is 12.0. The molecule has 0 bridgehead atoms. The Morgan fingerprint density at radius 1 is 1.22 bits per heavy atom. The van der Waals surface area contributed by atoms with Crippen molar-refractivity contribution < 1.29 is 19.1 Å². The molecule has 3 heterocycles. The van der Waals surface area contributed by atoms with E-state index in [9.17, 15) is 14.4 Å². The number of aromatic nitrogens is 3. The summed E-state index contributed by atoms with van der Waals surface area (Å²) in [5, 5.41) is 14.4. The van der Waals surface area contributed by atoms with Gasteiger partial charge in [-0.15, -0.1) is 32.9 Å². The molecular formula is C24H31N5O4S3. The Morgan fingerprint density at radius 2 is 1.94 bits per heavy atom. The first-order valence-corrected chi connectivity index (χ1v) is 14.3. The lowest BCUT2D eigenvalue weighted by Crippen LogP contribution is -2.18. The Bertz CT molecular complexity index is 1260. The summed E-state index contributed by atoms with van der Waals surface area (Å²) in [6.07, 6.45) is 1.74. The van der Waals surface area contributed by atoms with Gasteiger partial charge in [-0.05, 0) is 52.7 Å². The minimum absolute atomic E-state index is 0.0388. The van der Waals surface area contributed by atoms with Gasteiger partial charge in [0, 0.05) is 21.9 Å². The number of esters is 1. The Labute approximate surface area is 222 Å². The van der Waals surface area contributed by atoms with Gasteiger partial charge in [0.05, 0.1) is 22.3 Å². The minimum atomic E-state index is -0.668. The van der Waals surface area contributed by atoms with Crippen LogP contribution in [0.4, 0.5) is 5.00 Å². The first-order valence-electron chi connectivity index (χ1n) is 11.6. The molecule has 36 heavy (non-hydrogen) atoms. The summed E-state index contributed by atoms with van der Waals surface area (Å²) in [6.45, 7) is 11.3. The number of carbonyl (C=O) groups is 3. The van der Waals surface area contributed by atoms with Crippen molar-refractivity contribution in [1.29, 1.82) is 0 Å². The topological polar surface area (TPSA) is 129 Å². The third-order valence-corrected chi connectivity index (χ3v) is 8.25. The maximum atomic E-state index is 12.9. The zero-order valence-electron chi connectivity index (χ0n) is 21.2. The van der Waals surface area contributed by atoms with Gasteiger partial charge < -0.3 is 15.8 Å². The molecule has 0 spiro atoms. The number of thiophene rings is 2. The van der Waals surface area contributed by atoms with Crippen LogP contribution in [0.3, 0.4) is 0 Å². The molecule has 3 rings (SSSR count). The lowest BCUT2D eigenvalue weighted by atomic mass is 10.1. The van der Waals surface area contributed by atoms with E-state index in [0.29, 0.717) is 10.7 Å². The van der Waals surface area contributed by atoms with Gasteiger partial charge in [-0.2, -0.15) is 0 Å². The van der Waals surface area contributed by atoms with Crippen molar-refractivity contribution in [3.8, 4) is 11.4 Å². The first-order chi connectivity index (χ1) is 17.0. The van der Waals surface area contributed by atoms with Crippen LogP contribution >= 0.6 is 34.4 Å². The Hall–Kier alpha value is -2.70. The predicted octanol–water partition coefficient (Wildman–Crippen LogP) is 5.30. The fourth-order valence-electron chi connectivity index (χ4n) is 3.56. The molecule has 9 nitrogen and oxygen atoms in total. The normalized spacial score (nSPS) is 11.3. The molecule has 0 unspecified atom stereocenters. The van der Waals surface area contributed by atoms with Crippen LogP contribution in [0.15, 0.2) is 16.6 Å². The van der Waals surface area contributed by atoms with Crippen LogP contribution in [-0.2, 0) is 16.0 Å². The zero-order valence-corrected chi connectivity index (χ0v) is 23.7. The van der Waals surface area contributed by atoms with Crippen molar-refractivity contribution >= 4 is 57.2 Å². The molecule has 0 aliphatic heterocycles. The van der Waals surface area contributed by atoms with E-state index in [0.717, 1.165) is 35.6 Å². The number of nitrogens with one attached hydrogen (secondary N) is 1. The van der Waals surface area contributed by atoms with Crippen LogP contribution in [0.2, 0.25) is 0 Å². The van der Waals surface area contributed by atoms with Gasteiger partial charge in [-0.25, -0.2) is 4.79 Å². The number of rotatable bonds is 11. The molecule has 0 saturated carbocycles. The van der Waals surface area contributed by atoms with Crippen molar-refractivity contribution in [2.75, 3.05) is 11.1 Å². The van der Waals surface area contributed by atoms with E-state index in [1.54, 1.807) is 32.1 Å². The number of nitrogens with zero attached hydrogens (tertiary/aromatic N) is 3. The zero-order chi connectivity index (χ0) is 26.6. The summed E-state index contributed by atoms with van der Waals surface area (Å²) >= 11 is 3.93. The number of hydrogen-bond acceptors (Lipinski definition) is 9. The van der Waals surface area contributed by atoms with Gasteiger partial charge in [0.2, 0.25) is 5.91 Å². The molecule has 0 atom stereocenters. The minimum Gasteiger partial charge on any atom is -0.459 e. The Morgan fingerprint density at radius 3 is 2.56 bits per heavy atom. The van der Waals surface area contributed by atoms with E-state index < -0.39 is 11.9 Å². The Balaban J connectivity index is 1.79. The summed E-state index contributed by atoms with van der Waals surface area (Å²) in [6, 6.07) is 2.23. The SMILES string of the molecule is CCCc1cc(-c2nnc(SCC(=O)Nc3sc(C(N)=O)c(C)c3C(=O)OC(C)C)n2C(C)C)cs1. The highest BCUT2D eigenvalue weighted by molar-refractivity contribution is 7.99. The average Bonchev–Trinajstić information content (AvgIpc) is 3.49. The van der Waals surface area contributed by atoms with Gasteiger partial charge in [0.25, 0.3) is 5.91 Å². The molecule has 0 fully saturated rings. The van der Waals surface area contributed by atoms with E-state index in [1.807, 2.05) is 18.4 Å². The predicted molar refractivity (Wildman–Crippen MR) is 145 cm³/mol. The molecule has 0 aliphatic rings. The van der Waals surface area contributed by atoms with Gasteiger partial charge in [0.1, 0.15) is 5.00 Å². The smallest absolute Gasteiger partial charge is 0.341 e. The fraction of sp³-hybridized carbons (Fsp3) is 0.458.